The van der Waals surface area contributed by atoms with Gasteiger partial charge in [-0.1, -0.05) is 33.6 Å². The number of sulfonamides is 1. The molecular weight excluding hydrogens is 324 g/mol. The summed E-state index contributed by atoms with van der Waals surface area (Å²) in [4.78, 5) is 4.27. The molecule has 1 aliphatic rings. The Bertz CT molecular complexity index is 469. The molecule has 142 valence electrons. The van der Waals surface area contributed by atoms with Crippen LogP contribution in [-0.4, -0.2) is 57.2 Å². The van der Waals surface area contributed by atoms with Crippen LogP contribution in [0.25, 0.3) is 0 Å². The molecule has 7 heteroatoms. The molecule has 0 aromatic carbocycles. The van der Waals surface area contributed by atoms with Crippen LogP contribution in [0.4, 0.5) is 0 Å². The Kier molecular flexibility index (Phi) is 9.66. The van der Waals surface area contributed by atoms with E-state index in [1.807, 2.05) is 6.92 Å². The number of nitrogens with one attached hydrogen (secondary N) is 2. The lowest BCUT2D eigenvalue weighted by Gasteiger charge is -2.32. The molecule has 0 saturated carbocycles. The minimum atomic E-state index is -3.06. The van der Waals surface area contributed by atoms with Gasteiger partial charge in [0.1, 0.15) is 0 Å². The van der Waals surface area contributed by atoms with Crippen molar-refractivity contribution in [3.05, 3.63) is 0 Å². The summed E-state index contributed by atoms with van der Waals surface area (Å²) in [7, 11) is -1.28. The van der Waals surface area contributed by atoms with Crippen LogP contribution in [0, 0.1) is 5.92 Å². The molecule has 1 aliphatic heterocycles. The van der Waals surface area contributed by atoms with Crippen molar-refractivity contribution in [2.45, 2.75) is 65.3 Å². The minimum absolute atomic E-state index is 0.255. The van der Waals surface area contributed by atoms with E-state index in [2.05, 4.69) is 29.5 Å². The summed E-state index contributed by atoms with van der Waals surface area (Å²) < 4.78 is 25.8. The molecule has 0 amide bonds. The first-order chi connectivity index (χ1) is 11.4. The van der Waals surface area contributed by atoms with E-state index in [0.717, 1.165) is 37.7 Å². The fourth-order valence-corrected chi connectivity index (χ4v) is 4.48. The Hall–Kier alpha value is -0.820. The standard InChI is InChI=1S/C17H36N4O2S/c1-5-14-24(22,23)21-12-9-16(10-13-21)20-17(18-4)19-11-7-6-8-15(2)3/h15-16H,5-14H2,1-4H3,(H2,18,19,20). The Morgan fingerprint density at radius 3 is 2.46 bits per heavy atom. The highest BCUT2D eigenvalue weighted by molar-refractivity contribution is 7.89. The molecule has 0 spiro atoms. The predicted molar refractivity (Wildman–Crippen MR) is 102 cm³/mol. The van der Waals surface area contributed by atoms with Crippen molar-refractivity contribution in [1.29, 1.82) is 0 Å². The van der Waals surface area contributed by atoms with Crippen molar-refractivity contribution < 1.29 is 8.42 Å². The average molecular weight is 361 g/mol. The second kappa shape index (κ2) is 10.9. The maximum Gasteiger partial charge on any atom is 0.214 e. The summed E-state index contributed by atoms with van der Waals surface area (Å²) in [5, 5.41) is 6.79. The van der Waals surface area contributed by atoms with Gasteiger partial charge >= 0.3 is 0 Å². The normalized spacial score (nSPS) is 18.1. The summed E-state index contributed by atoms with van der Waals surface area (Å²) in [5.74, 6) is 1.84. The molecule has 1 fully saturated rings. The highest BCUT2D eigenvalue weighted by Crippen LogP contribution is 2.15. The predicted octanol–water partition coefficient (Wildman–Crippen LogP) is 2.18. The van der Waals surface area contributed by atoms with Gasteiger partial charge < -0.3 is 10.6 Å². The van der Waals surface area contributed by atoms with Gasteiger partial charge in [0.2, 0.25) is 10.0 Å². The zero-order valence-corrected chi connectivity index (χ0v) is 16.7. The van der Waals surface area contributed by atoms with Crippen LogP contribution in [0.3, 0.4) is 0 Å². The number of guanidine groups is 1. The topological polar surface area (TPSA) is 73.8 Å². The van der Waals surface area contributed by atoms with Crippen LogP contribution < -0.4 is 10.6 Å². The molecule has 1 heterocycles. The van der Waals surface area contributed by atoms with Crippen LogP contribution in [0.15, 0.2) is 4.99 Å². The Morgan fingerprint density at radius 2 is 1.92 bits per heavy atom. The molecule has 0 bridgehead atoms. The van der Waals surface area contributed by atoms with Gasteiger partial charge in [-0.15, -0.1) is 0 Å². The van der Waals surface area contributed by atoms with Gasteiger partial charge in [0.05, 0.1) is 5.75 Å². The number of nitrogens with zero attached hydrogens (tertiary/aromatic N) is 2. The fraction of sp³-hybridized carbons (Fsp3) is 0.941. The zero-order chi connectivity index (χ0) is 18.0. The number of hydrogen-bond donors (Lipinski definition) is 2. The molecule has 0 atom stereocenters. The molecule has 0 radical (unpaired) electrons. The van der Waals surface area contributed by atoms with Gasteiger partial charge in [-0.3, -0.25) is 4.99 Å². The first-order valence-electron chi connectivity index (χ1n) is 9.34. The average Bonchev–Trinajstić information content (AvgIpc) is 2.53. The van der Waals surface area contributed by atoms with Crippen molar-refractivity contribution in [2.24, 2.45) is 10.9 Å². The van der Waals surface area contributed by atoms with Crippen molar-refractivity contribution in [1.82, 2.24) is 14.9 Å². The first kappa shape index (κ1) is 21.2. The van der Waals surface area contributed by atoms with Crippen LogP contribution in [-0.2, 0) is 10.0 Å². The highest BCUT2D eigenvalue weighted by Gasteiger charge is 2.27. The lowest BCUT2D eigenvalue weighted by molar-refractivity contribution is 0.306. The van der Waals surface area contributed by atoms with Crippen molar-refractivity contribution in [3.8, 4) is 0 Å². The lowest BCUT2D eigenvalue weighted by Crippen LogP contribution is -2.50. The van der Waals surface area contributed by atoms with E-state index >= 15 is 0 Å². The van der Waals surface area contributed by atoms with Crippen molar-refractivity contribution in [2.75, 3.05) is 32.4 Å². The Morgan fingerprint density at radius 1 is 1.25 bits per heavy atom. The van der Waals surface area contributed by atoms with Gasteiger partial charge in [0, 0.05) is 32.7 Å². The first-order valence-corrected chi connectivity index (χ1v) is 10.9. The smallest absolute Gasteiger partial charge is 0.214 e. The van der Waals surface area contributed by atoms with Gasteiger partial charge in [0.25, 0.3) is 0 Å². The summed E-state index contributed by atoms with van der Waals surface area (Å²) in [6.07, 6.45) is 5.97. The monoisotopic (exact) mass is 360 g/mol. The Labute approximate surface area is 148 Å². The van der Waals surface area contributed by atoms with Crippen LogP contribution in [0.1, 0.15) is 59.3 Å². The molecule has 0 unspecified atom stereocenters. The minimum Gasteiger partial charge on any atom is -0.356 e. The largest absolute Gasteiger partial charge is 0.356 e. The number of rotatable bonds is 9. The second-order valence-corrected chi connectivity index (χ2v) is 9.11. The summed E-state index contributed by atoms with van der Waals surface area (Å²) in [6.45, 7) is 8.54. The number of unbranched alkanes of at least 4 members (excludes halogenated alkanes) is 1. The molecule has 1 rings (SSSR count). The van der Waals surface area contributed by atoms with Gasteiger partial charge in [-0.25, -0.2) is 12.7 Å². The van der Waals surface area contributed by atoms with Gasteiger partial charge in [-0.2, -0.15) is 0 Å². The third-order valence-corrected chi connectivity index (χ3v) is 6.45. The second-order valence-electron chi connectivity index (χ2n) is 7.02. The van der Waals surface area contributed by atoms with E-state index < -0.39 is 10.0 Å². The maximum absolute atomic E-state index is 12.1. The summed E-state index contributed by atoms with van der Waals surface area (Å²) in [5.41, 5.74) is 0. The fourth-order valence-electron chi connectivity index (χ4n) is 2.94. The van der Waals surface area contributed by atoms with E-state index in [-0.39, 0.29) is 5.75 Å². The SMILES string of the molecule is CCCS(=O)(=O)N1CCC(NC(=NC)NCCCCC(C)C)CC1. The molecule has 2 N–H and O–H groups in total. The van der Waals surface area contributed by atoms with Crippen LogP contribution in [0.2, 0.25) is 0 Å². The maximum atomic E-state index is 12.1. The zero-order valence-electron chi connectivity index (χ0n) is 15.8. The number of hydrogen-bond acceptors (Lipinski definition) is 3. The van der Waals surface area contributed by atoms with Crippen molar-refractivity contribution in [3.63, 3.8) is 0 Å². The van der Waals surface area contributed by atoms with Crippen LogP contribution in [0.5, 0.6) is 0 Å². The molecule has 24 heavy (non-hydrogen) atoms. The highest BCUT2D eigenvalue weighted by atomic mass is 32.2. The molecule has 0 aliphatic carbocycles. The van der Waals surface area contributed by atoms with E-state index in [4.69, 9.17) is 0 Å². The molecule has 6 nitrogen and oxygen atoms in total. The molecule has 0 aromatic heterocycles. The quantitative estimate of drug-likeness (QED) is 0.375. The lowest BCUT2D eigenvalue weighted by atomic mass is 10.1. The van der Waals surface area contributed by atoms with Crippen molar-refractivity contribution >= 4 is 16.0 Å². The molecular formula is C17H36N4O2S. The van der Waals surface area contributed by atoms with E-state index in [1.54, 1.807) is 11.4 Å². The summed E-state index contributed by atoms with van der Waals surface area (Å²) >= 11 is 0. The molecule has 1 saturated heterocycles. The number of piperidine rings is 1. The third kappa shape index (κ3) is 7.83. The third-order valence-electron chi connectivity index (χ3n) is 4.37. The molecule has 0 aromatic rings. The summed E-state index contributed by atoms with van der Waals surface area (Å²) in [6, 6.07) is 0.292. The van der Waals surface area contributed by atoms with Crippen LogP contribution >= 0.6 is 0 Å². The Balaban J connectivity index is 2.29. The van der Waals surface area contributed by atoms with E-state index in [1.165, 1.54) is 12.8 Å². The number of aliphatic imine (C=N–C) groups is 1. The van der Waals surface area contributed by atoms with E-state index in [9.17, 15) is 8.42 Å². The van der Waals surface area contributed by atoms with E-state index in [0.29, 0.717) is 25.6 Å². The van der Waals surface area contributed by atoms with Gasteiger partial charge in [-0.05, 0) is 31.6 Å². The van der Waals surface area contributed by atoms with Gasteiger partial charge in [0.15, 0.2) is 5.96 Å².